The van der Waals surface area contributed by atoms with E-state index < -0.39 is 15.9 Å². The Kier molecular flexibility index (Phi) is 2.03. The fourth-order valence-electron chi connectivity index (χ4n) is 1.19. The molecule has 0 spiro atoms. The van der Waals surface area contributed by atoms with Crippen molar-refractivity contribution in [3.63, 3.8) is 0 Å². The Morgan fingerprint density at radius 3 is 2.86 bits per heavy atom. The predicted molar refractivity (Wildman–Crippen MR) is 55.1 cm³/mol. The lowest BCUT2D eigenvalue weighted by molar-refractivity contribution is 0.607. The summed E-state index contributed by atoms with van der Waals surface area (Å²) in [6.07, 6.45) is 2.51. The zero-order valence-corrected chi connectivity index (χ0v) is 8.27. The van der Waals surface area contributed by atoms with Crippen molar-refractivity contribution in [2.24, 2.45) is 20.0 Å². The fourth-order valence-corrected chi connectivity index (χ4v) is 2.20. The van der Waals surface area contributed by atoms with Crippen LogP contribution in [0, 0.1) is 0 Å². The maximum atomic E-state index is 11.6. The molecule has 2 aliphatic rings. The van der Waals surface area contributed by atoms with Gasteiger partial charge in [-0.3, -0.25) is 4.99 Å². The van der Waals surface area contributed by atoms with E-state index in [1.54, 1.807) is 6.92 Å². The summed E-state index contributed by atoms with van der Waals surface area (Å²) in [5, 5.41) is 0.0440. The third-order valence-corrected chi connectivity index (χ3v) is 3.68. The summed E-state index contributed by atoms with van der Waals surface area (Å²) >= 11 is 0. The molecule has 2 aliphatic heterocycles. The third-order valence-electron chi connectivity index (χ3n) is 1.96. The van der Waals surface area contributed by atoms with Gasteiger partial charge in [-0.15, -0.1) is 0 Å². The summed E-state index contributed by atoms with van der Waals surface area (Å²) in [6, 6.07) is -0.620. The molecule has 0 bridgehead atoms. The molecule has 0 radical (unpaired) electrons. The Bertz CT molecular complexity index is 472. The third kappa shape index (κ3) is 1.29. The van der Waals surface area contributed by atoms with Gasteiger partial charge in [0.25, 0.3) is 0 Å². The molecule has 6 nitrogen and oxygen atoms in total. The van der Waals surface area contributed by atoms with Crippen LogP contribution in [0.3, 0.4) is 0 Å². The first-order valence-corrected chi connectivity index (χ1v) is 5.72. The minimum Gasteiger partial charge on any atom is -0.255 e. The van der Waals surface area contributed by atoms with E-state index >= 15 is 0 Å². The van der Waals surface area contributed by atoms with Gasteiger partial charge in [-0.2, -0.15) is 0 Å². The lowest BCUT2D eigenvalue weighted by Crippen LogP contribution is -2.35. The number of aliphatic imine (C=N–C) groups is 4. The zero-order valence-electron chi connectivity index (χ0n) is 7.45. The Balaban J connectivity index is 2.47. The van der Waals surface area contributed by atoms with Crippen LogP contribution < -0.4 is 0 Å². The van der Waals surface area contributed by atoms with Crippen LogP contribution in [0.15, 0.2) is 20.0 Å². The van der Waals surface area contributed by atoms with Gasteiger partial charge in [-0.05, 0) is 0 Å². The Labute approximate surface area is 81.1 Å². The van der Waals surface area contributed by atoms with Crippen LogP contribution in [-0.2, 0) is 9.84 Å². The monoisotopic (exact) mass is 212 g/mol. The zero-order chi connectivity index (χ0) is 10.2. The van der Waals surface area contributed by atoms with E-state index in [1.165, 1.54) is 12.7 Å². The smallest absolute Gasteiger partial charge is 0.194 e. The highest BCUT2D eigenvalue weighted by Gasteiger charge is 2.33. The second-order valence-electron chi connectivity index (χ2n) is 2.77. The van der Waals surface area contributed by atoms with Crippen molar-refractivity contribution in [1.82, 2.24) is 0 Å². The lowest BCUT2D eigenvalue weighted by Gasteiger charge is -2.12. The van der Waals surface area contributed by atoms with Crippen LogP contribution in [0.2, 0.25) is 0 Å². The minimum atomic E-state index is -3.31. The highest BCUT2D eigenvalue weighted by Crippen LogP contribution is 2.13. The first-order valence-electron chi connectivity index (χ1n) is 4.07. The molecule has 0 amide bonds. The van der Waals surface area contributed by atoms with Gasteiger partial charge in [-0.25, -0.2) is 23.4 Å². The van der Waals surface area contributed by atoms with Gasteiger partial charge >= 0.3 is 0 Å². The molecule has 74 valence electrons. The van der Waals surface area contributed by atoms with E-state index in [1.807, 2.05) is 0 Å². The van der Waals surface area contributed by atoms with Crippen molar-refractivity contribution in [3.05, 3.63) is 0 Å². The maximum absolute atomic E-state index is 11.6. The van der Waals surface area contributed by atoms with Crippen molar-refractivity contribution in [3.8, 4) is 0 Å². The molecule has 7 heteroatoms. The van der Waals surface area contributed by atoms with Gasteiger partial charge in [0, 0.05) is 0 Å². The maximum Gasteiger partial charge on any atom is 0.194 e. The van der Waals surface area contributed by atoms with Crippen LogP contribution in [0.25, 0.3) is 0 Å². The van der Waals surface area contributed by atoms with Crippen molar-refractivity contribution in [2.75, 3.05) is 5.75 Å². The highest BCUT2D eigenvalue weighted by atomic mass is 32.2. The lowest BCUT2D eigenvalue weighted by atomic mass is 10.3. The van der Waals surface area contributed by atoms with Gasteiger partial charge in [0.05, 0.1) is 5.75 Å². The van der Waals surface area contributed by atoms with Crippen molar-refractivity contribution in [1.29, 1.82) is 0 Å². The van der Waals surface area contributed by atoms with Crippen molar-refractivity contribution < 1.29 is 8.42 Å². The van der Waals surface area contributed by atoms with Crippen molar-refractivity contribution in [2.45, 2.75) is 13.0 Å². The fraction of sp³-hybridized carbons (Fsp3) is 0.429. The summed E-state index contributed by atoms with van der Waals surface area (Å²) < 4.78 is 23.2. The summed E-state index contributed by atoms with van der Waals surface area (Å²) in [4.78, 5) is 15.3. The van der Waals surface area contributed by atoms with Gasteiger partial charge in [-0.1, -0.05) is 6.92 Å². The van der Waals surface area contributed by atoms with Crippen LogP contribution in [0.5, 0.6) is 0 Å². The number of fused-ring (bicyclic) bond motifs is 1. The van der Waals surface area contributed by atoms with Gasteiger partial charge in [0.1, 0.15) is 12.7 Å². The summed E-state index contributed by atoms with van der Waals surface area (Å²) in [5.74, 6) is 0.408. The van der Waals surface area contributed by atoms with Gasteiger partial charge < -0.3 is 0 Å². The number of amidine groups is 1. The average molecular weight is 212 g/mol. The Morgan fingerprint density at radius 2 is 2.14 bits per heavy atom. The first kappa shape index (κ1) is 9.20. The second kappa shape index (κ2) is 3.09. The molecule has 0 saturated carbocycles. The Hall–Kier alpha value is -1.37. The SMILES string of the molecule is CCS(=O)(=O)C1=NC=NC2=NC=NC21. The van der Waals surface area contributed by atoms with Crippen LogP contribution in [-0.4, -0.2) is 43.8 Å². The number of hydrogen-bond acceptors (Lipinski definition) is 6. The highest BCUT2D eigenvalue weighted by molar-refractivity contribution is 8.06. The normalized spacial score (nSPS) is 24.5. The molecule has 0 N–H and O–H groups in total. The molecule has 0 fully saturated rings. The molecule has 1 unspecified atom stereocenters. The molecule has 0 aromatic heterocycles. The van der Waals surface area contributed by atoms with Gasteiger partial charge in [0.2, 0.25) is 0 Å². The van der Waals surface area contributed by atoms with E-state index in [-0.39, 0.29) is 10.8 Å². The predicted octanol–water partition coefficient (Wildman–Crippen LogP) is -0.329. The van der Waals surface area contributed by atoms with E-state index in [0.29, 0.717) is 5.84 Å². The molecular weight excluding hydrogens is 204 g/mol. The standard InChI is InChI=1S/C7H8N4O2S/c1-2-14(12,13)7-5-6(9-3-8-5)10-4-11-7/h3-5H,2H2,1H3. The molecule has 14 heavy (non-hydrogen) atoms. The number of nitrogens with zero attached hydrogens (tertiary/aromatic N) is 4. The van der Waals surface area contributed by atoms with Crippen LogP contribution >= 0.6 is 0 Å². The summed E-state index contributed by atoms with van der Waals surface area (Å²) in [7, 11) is -3.31. The van der Waals surface area contributed by atoms with E-state index in [9.17, 15) is 8.42 Å². The average Bonchev–Trinajstić information content (AvgIpc) is 2.64. The van der Waals surface area contributed by atoms with Gasteiger partial charge in [0.15, 0.2) is 26.8 Å². The van der Waals surface area contributed by atoms with E-state index in [2.05, 4.69) is 20.0 Å². The van der Waals surface area contributed by atoms with E-state index in [0.717, 1.165) is 0 Å². The van der Waals surface area contributed by atoms with Crippen molar-refractivity contribution >= 4 is 33.4 Å². The molecule has 0 saturated heterocycles. The molecule has 0 aromatic rings. The Morgan fingerprint density at radius 1 is 1.36 bits per heavy atom. The second-order valence-corrected chi connectivity index (χ2v) is 4.99. The largest absolute Gasteiger partial charge is 0.255 e. The summed E-state index contributed by atoms with van der Waals surface area (Å²) in [6.45, 7) is 1.57. The molecule has 0 aromatic carbocycles. The number of hydrogen-bond donors (Lipinski definition) is 0. The number of rotatable bonds is 1. The molecule has 0 aliphatic carbocycles. The van der Waals surface area contributed by atoms with E-state index in [4.69, 9.17) is 0 Å². The molecule has 1 atom stereocenters. The molecule has 2 heterocycles. The molecular formula is C7H8N4O2S. The topological polar surface area (TPSA) is 83.6 Å². The summed E-state index contributed by atoms with van der Waals surface area (Å²) in [5.41, 5.74) is 0. The number of sulfone groups is 1. The quantitative estimate of drug-likeness (QED) is 0.596. The van der Waals surface area contributed by atoms with Crippen LogP contribution in [0.4, 0.5) is 0 Å². The van der Waals surface area contributed by atoms with Crippen LogP contribution in [0.1, 0.15) is 6.92 Å². The first-order chi connectivity index (χ1) is 6.65. The minimum absolute atomic E-state index is 0.0129. The molecule has 2 rings (SSSR count).